The van der Waals surface area contributed by atoms with Crippen LogP contribution in [0.1, 0.15) is 19.8 Å². The van der Waals surface area contributed by atoms with Crippen LogP contribution in [0, 0.1) is 0 Å². The van der Waals surface area contributed by atoms with Crippen LogP contribution in [0.4, 0.5) is 0 Å². The molecule has 16 heavy (non-hydrogen) atoms. The van der Waals surface area contributed by atoms with Crippen molar-refractivity contribution in [3.05, 3.63) is 0 Å². The third kappa shape index (κ3) is 1.80. The fraction of sp³-hybridized carbons (Fsp3) is 0.818. The molecule has 5 heteroatoms. The molecule has 0 aromatic carbocycles. The predicted octanol–water partition coefficient (Wildman–Crippen LogP) is -0.146. The third-order valence-corrected chi connectivity index (χ3v) is 3.39. The molecule has 2 atom stereocenters. The van der Waals surface area contributed by atoms with Crippen LogP contribution < -0.4 is 0 Å². The largest absolute Gasteiger partial charge is 0.383 e. The predicted molar refractivity (Wildman–Crippen MR) is 57.8 cm³/mol. The van der Waals surface area contributed by atoms with Crippen molar-refractivity contribution in [2.45, 2.75) is 31.8 Å². The maximum Gasteiger partial charge on any atom is 0.246 e. The highest BCUT2D eigenvalue weighted by Crippen LogP contribution is 2.24. The second kappa shape index (κ2) is 4.41. The van der Waals surface area contributed by atoms with Crippen molar-refractivity contribution < 1.29 is 14.3 Å². The minimum Gasteiger partial charge on any atom is -0.383 e. The van der Waals surface area contributed by atoms with Gasteiger partial charge in [0.25, 0.3) is 0 Å². The van der Waals surface area contributed by atoms with Crippen LogP contribution in [0.5, 0.6) is 0 Å². The number of nitrogens with zero attached hydrogens (tertiary/aromatic N) is 2. The first kappa shape index (κ1) is 11.4. The number of methoxy groups -OCH3 is 1. The summed E-state index contributed by atoms with van der Waals surface area (Å²) in [5.74, 6) is 0.159. The van der Waals surface area contributed by atoms with Crippen LogP contribution in [0.2, 0.25) is 0 Å². The standard InChI is InChI=1S/C11H18N2O3/c1-8(7-16-2)13-6-10(14)12-5-3-4-9(12)11(13)15/h8-9H,3-7H2,1-2H3. The van der Waals surface area contributed by atoms with Gasteiger partial charge in [0, 0.05) is 13.7 Å². The van der Waals surface area contributed by atoms with E-state index in [-0.39, 0.29) is 30.4 Å². The summed E-state index contributed by atoms with van der Waals surface area (Å²) in [5.41, 5.74) is 0. The normalized spacial score (nSPS) is 27.2. The highest BCUT2D eigenvalue weighted by molar-refractivity contribution is 5.95. The van der Waals surface area contributed by atoms with Crippen LogP contribution >= 0.6 is 0 Å². The molecule has 0 aromatic rings. The Hall–Kier alpha value is -1.10. The zero-order chi connectivity index (χ0) is 11.7. The van der Waals surface area contributed by atoms with E-state index in [4.69, 9.17) is 4.74 Å². The van der Waals surface area contributed by atoms with Crippen LogP contribution in [-0.2, 0) is 14.3 Å². The topological polar surface area (TPSA) is 49.9 Å². The number of piperazine rings is 1. The van der Waals surface area contributed by atoms with Gasteiger partial charge in [0.15, 0.2) is 0 Å². The molecule has 2 aliphatic rings. The maximum atomic E-state index is 12.1. The van der Waals surface area contributed by atoms with Gasteiger partial charge in [-0.3, -0.25) is 9.59 Å². The Bertz CT molecular complexity index is 306. The van der Waals surface area contributed by atoms with Crippen molar-refractivity contribution >= 4 is 11.8 Å². The lowest BCUT2D eigenvalue weighted by Gasteiger charge is -2.39. The summed E-state index contributed by atoms with van der Waals surface area (Å²) in [6.45, 7) is 3.34. The quantitative estimate of drug-likeness (QED) is 0.672. The van der Waals surface area contributed by atoms with Gasteiger partial charge in [-0.15, -0.1) is 0 Å². The lowest BCUT2D eigenvalue weighted by Crippen LogP contribution is -2.60. The Morgan fingerprint density at radius 3 is 2.94 bits per heavy atom. The van der Waals surface area contributed by atoms with E-state index in [1.165, 1.54) is 0 Å². The highest BCUT2D eigenvalue weighted by atomic mass is 16.5. The molecular formula is C11H18N2O3. The molecule has 2 aliphatic heterocycles. The van der Waals surface area contributed by atoms with Gasteiger partial charge in [-0.05, 0) is 19.8 Å². The number of hydrogen-bond donors (Lipinski definition) is 0. The molecule has 2 unspecified atom stereocenters. The Labute approximate surface area is 95.3 Å². The first-order valence-electron chi connectivity index (χ1n) is 5.74. The third-order valence-electron chi connectivity index (χ3n) is 3.39. The SMILES string of the molecule is COCC(C)N1CC(=O)N2CCCC2C1=O. The van der Waals surface area contributed by atoms with E-state index in [1.54, 1.807) is 16.9 Å². The molecule has 2 heterocycles. The summed E-state index contributed by atoms with van der Waals surface area (Å²) in [4.78, 5) is 27.3. The molecule has 0 saturated carbocycles. The van der Waals surface area contributed by atoms with Gasteiger partial charge in [-0.2, -0.15) is 0 Å². The van der Waals surface area contributed by atoms with Gasteiger partial charge in [-0.1, -0.05) is 0 Å². The molecule has 0 aliphatic carbocycles. The van der Waals surface area contributed by atoms with E-state index in [2.05, 4.69) is 0 Å². The molecule has 2 fully saturated rings. The number of carbonyl (C=O) groups is 2. The number of ether oxygens (including phenoxy) is 1. The number of amides is 2. The van der Waals surface area contributed by atoms with Gasteiger partial charge in [-0.25, -0.2) is 0 Å². The summed E-state index contributed by atoms with van der Waals surface area (Å²) in [6, 6.07) is -0.232. The summed E-state index contributed by atoms with van der Waals surface area (Å²) in [5, 5.41) is 0. The minimum absolute atomic E-state index is 0.0239. The monoisotopic (exact) mass is 226 g/mol. The zero-order valence-electron chi connectivity index (χ0n) is 9.81. The summed E-state index contributed by atoms with van der Waals surface area (Å²) in [6.07, 6.45) is 1.75. The van der Waals surface area contributed by atoms with Crippen LogP contribution in [0.3, 0.4) is 0 Å². The molecule has 90 valence electrons. The number of rotatable bonds is 3. The molecule has 5 nitrogen and oxygen atoms in total. The zero-order valence-corrected chi connectivity index (χ0v) is 9.81. The molecule has 0 bridgehead atoms. The molecule has 2 amide bonds. The van der Waals surface area contributed by atoms with Crippen molar-refractivity contribution in [1.29, 1.82) is 0 Å². The molecule has 2 saturated heterocycles. The molecule has 0 spiro atoms. The van der Waals surface area contributed by atoms with Crippen molar-refractivity contribution in [3.8, 4) is 0 Å². The molecule has 2 rings (SSSR count). The fourth-order valence-electron chi connectivity index (χ4n) is 2.53. The second-order valence-electron chi connectivity index (χ2n) is 4.52. The van der Waals surface area contributed by atoms with Crippen molar-refractivity contribution in [3.63, 3.8) is 0 Å². The van der Waals surface area contributed by atoms with Gasteiger partial charge in [0.2, 0.25) is 11.8 Å². The highest BCUT2D eigenvalue weighted by Gasteiger charge is 2.43. The van der Waals surface area contributed by atoms with Gasteiger partial charge >= 0.3 is 0 Å². The van der Waals surface area contributed by atoms with E-state index in [1.807, 2.05) is 6.92 Å². The Kier molecular flexibility index (Phi) is 3.14. The first-order chi connectivity index (χ1) is 7.65. The lowest BCUT2D eigenvalue weighted by molar-refractivity contribution is -0.156. The summed E-state index contributed by atoms with van der Waals surface area (Å²) < 4.78 is 5.03. The van der Waals surface area contributed by atoms with E-state index >= 15 is 0 Å². The van der Waals surface area contributed by atoms with Crippen LogP contribution in [0.25, 0.3) is 0 Å². The average Bonchev–Trinajstić information content (AvgIpc) is 2.73. The fourth-order valence-corrected chi connectivity index (χ4v) is 2.53. The summed E-state index contributed by atoms with van der Waals surface area (Å²) >= 11 is 0. The van der Waals surface area contributed by atoms with Gasteiger partial charge in [0.05, 0.1) is 12.6 Å². The maximum absolute atomic E-state index is 12.1. The number of carbonyl (C=O) groups excluding carboxylic acids is 2. The Balaban J connectivity index is 2.11. The second-order valence-corrected chi connectivity index (χ2v) is 4.52. The smallest absolute Gasteiger partial charge is 0.246 e. The lowest BCUT2D eigenvalue weighted by atomic mass is 10.1. The average molecular weight is 226 g/mol. The van der Waals surface area contributed by atoms with Crippen molar-refractivity contribution in [2.75, 3.05) is 26.8 Å². The van der Waals surface area contributed by atoms with E-state index in [0.29, 0.717) is 6.61 Å². The summed E-state index contributed by atoms with van der Waals surface area (Å²) in [7, 11) is 1.61. The number of hydrogen-bond acceptors (Lipinski definition) is 3. The minimum atomic E-state index is -0.208. The molecule has 0 N–H and O–H groups in total. The molecule has 0 aromatic heterocycles. The van der Waals surface area contributed by atoms with Crippen LogP contribution in [0.15, 0.2) is 0 Å². The first-order valence-corrected chi connectivity index (χ1v) is 5.74. The van der Waals surface area contributed by atoms with Crippen molar-refractivity contribution in [1.82, 2.24) is 9.80 Å². The Morgan fingerprint density at radius 2 is 2.25 bits per heavy atom. The van der Waals surface area contributed by atoms with E-state index in [0.717, 1.165) is 19.4 Å². The number of fused-ring (bicyclic) bond motifs is 1. The van der Waals surface area contributed by atoms with Gasteiger partial charge < -0.3 is 14.5 Å². The molecule has 0 radical (unpaired) electrons. The van der Waals surface area contributed by atoms with Gasteiger partial charge in [0.1, 0.15) is 12.6 Å². The molecular weight excluding hydrogens is 208 g/mol. The van der Waals surface area contributed by atoms with Crippen molar-refractivity contribution in [2.24, 2.45) is 0 Å². The Morgan fingerprint density at radius 1 is 1.50 bits per heavy atom. The van der Waals surface area contributed by atoms with E-state index < -0.39 is 0 Å². The van der Waals surface area contributed by atoms with E-state index in [9.17, 15) is 9.59 Å². The van der Waals surface area contributed by atoms with Crippen LogP contribution in [-0.4, -0.2) is 60.5 Å².